The second-order valence-electron chi connectivity index (χ2n) is 8.35. The first-order valence-electron chi connectivity index (χ1n) is 10.6. The maximum Gasteiger partial charge on any atom is 0.223 e. The summed E-state index contributed by atoms with van der Waals surface area (Å²) in [7, 11) is 0. The zero-order valence-electron chi connectivity index (χ0n) is 17.6. The van der Waals surface area contributed by atoms with Gasteiger partial charge in [0.15, 0.2) is 11.5 Å². The van der Waals surface area contributed by atoms with E-state index in [9.17, 15) is 4.79 Å². The number of amides is 1. The van der Waals surface area contributed by atoms with E-state index in [4.69, 9.17) is 4.98 Å². The maximum absolute atomic E-state index is 13.1. The highest BCUT2D eigenvalue weighted by molar-refractivity contribution is 5.80. The van der Waals surface area contributed by atoms with Crippen LogP contribution in [0.25, 0.3) is 16.7 Å². The molecule has 1 aliphatic rings. The minimum absolute atomic E-state index is 0.0290. The number of rotatable bonds is 5. The van der Waals surface area contributed by atoms with Crippen molar-refractivity contribution in [2.24, 2.45) is 11.8 Å². The molecule has 10 heteroatoms. The molecule has 0 radical (unpaired) electrons. The van der Waals surface area contributed by atoms with Crippen LogP contribution in [0.2, 0.25) is 0 Å². The lowest BCUT2D eigenvalue weighted by molar-refractivity contribution is -0.126. The zero-order valence-corrected chi connectivity index (χ0v) is 17.6. The SMILES string of the molecule is CC(C)C(NC(=O)C1CCN(c2ccc3nnnn3n2)CC1)c1nc2ccccc2[nH]1. The van der Waals surface area contributed by atoms with Gasteiger partial charge in [-0.05, 0) is 53.5 Å². The Balaban J connectivity index is 1.24. The predicted molar refractivity (Wildman–Crippen MR) is 115 cm³/mol. The summed E-state index contributed by atoms with van der Waals surface area (Å²) in [6.07, 6.45) is 1.54. The number of hydrogen-bond acceptors (Lipinski definition) is 7. The van der Waals surface area contributed by atoms with Crippen LogP contribution in [0.5, 0.6) is 0 Å². The Morgan fingerprint density at radius 3 is 2.74 bits per heavy atom. The van der Waals surface area contributed by atoms with Crippen molar-refractivity contribution in [3.05, 3.63) is 42.2 Å². The molecule has 4 aromatic rings. The van der Waals surface area contributed by atoms with E-state index < -0.39 is 0 Å². The van der Waals surface area contributed by atoms with Crippen molar-refractivity contribution < 1.29 is 4.79 Å². The van der Waals surface area contributed by atoms with E-state index in [1.54, 1.807) is 0 Å². The van der Waals surface area contributed by atoms with Crippen LogP contribution in [0.15, 0.2) is 36.4 Å². The molecular weight excluding hydrogens is 394 g/mol. The highest BCUT2D eigenvalue weighted by Gasteiger charge is 2.29. The fraction of sp³-hybridized carbons (Fsp3) is 0.429. The highest BCUT2D eigenvalue weighted by Crippen LogP contribution is 2.26. The number of nitrogens with zero attached hydrogens (tertiary/aromatic N) is 7. The Hall–Kier alpha value is -3.56. The molecule has 1 saturated heterocycles. The third-order valence-corrected chi connectivity index (χ3v) is 5.91. The molecule has 1 aromatic carbocycles. The van der Waals surface area contributed by atoms with Gasteiger partial charge in [-0.25, -0.2) is 4.98 Å². The van der Waals surface area contributed by atoms with Crippen LogP contribution in [0.1, 0.15) is 38.6 Å². The topological polar surface area (TPSA) is 117 Å². The molecule has 3 aromatic heterocycles. The number of H-pyrrole nitrogens is 1. The second kappa shape index (κ2) is 7.93. The van der Waals surface area contributed by atoms with Crippen molar-refractivity contribution in [2.45, 2.75) is 32.7 Å². The van der Waals surface area contributed by atoms with E-state index in [1.807, 2.05) is 36.4 Å². The van der Waals surface area contributed by atoms with Gasteiger partial charge in [0.1, 0.15) is 5.82 Å². The van der Waals surface area contributed by atoms with E-state index in [0.717, 1.165) is 48.6 Å². The van der Waals surface area contributed by atoms with Crippen molar-refractivity contribution in [1.29, 1.82) is 0 Å². The van der Waals surface area contributed by atoms with E-state index in [-0.39, 0.29) is 23.8 Å². The Morgan fingerprint density at radius 1 is 1.16 bits per heavy atom. The molecule has 160 valence electrons. The number of tetrazole rings is 1. The molecule has 1 amide bonds. The van der Waals surface area contributed by atoms with Crippen LogP contribution in [-0.2, 0) is 4.79 Å². The van der Waals surface area contributed by atoms with E-state index >= 15 is 0 Å². The lowest BCUT2D eigenvalue weighted by Crippen LogP contribution is -2.43. The molecule has 31 heavy (non-hydrogen) atoms. The maximum atomic E-state index is 13.1. The van der Waals surface area contributed by atoms with Gasteiger partial charge in [-0.3, -0.25) is 4.79 Å². The summed E-state index contributed by atoms with van der Waals surface area (Å²) in [5.74, 6) is 1.90. The van der Waals surface area contributed by atoms with Crippen molar-refractivity contribution in [3.8, 4) is 0 Å². The van der Waals surface area contributed by atoms with Gasteiger partial charge in [-0.1, -0.05) is 26.0 Å². The number of fused-ring (bicyclic) bond motifs is 2. The summed E-state index contributed by atoms with van der Waals surface area (Å²) >= 11 is 0. The molecular formula is C21H25N9O. The fourth-order valence-corrected chi connectivity index (χ4v) is 4.12. The number of hydrogen-bond donors (Lipinski definition) is 2. The third kappa shape index (κ3) is 3.80. The number of carbonyl (C=O) groups is 1. The highest BCUT2D eigenvalue weighted by atomic mass is 16.2. The van der Waals surface area contributed by atoms with Gasteiger partial charge < -0.3 is 15.2 Å². The molecule has 5 rings (SSSR count). The van der Waals surface area contributed by atoms with Gasteiger partial charge in [0, 0.05) is 19.0 Å². The van der Waals surface area contributed by atoms with Crippen LogP contribution >= 0.6 is 0 Å². The minimum Gasteiger partial charge on any atom is -0.355 e. The molecule has 1 aliphatic heterocycles. The van der Waals surface area contributed by atoms with Gasteiger partial charge >= 0.3 is 0 Å². The smallest absolute Gasteiger partial charge is 0.223 e. The number of nitrogens with one attached hydrogen (secondary N) is 2. The number of carbonyl (C=O) groups excluding carboxylic acids is 1. The number of aromatic amines is 1. The molecule has 1 atom stereocenters. The molecule has 2 N–H and O–H groups in total. The van der Waals surface area contributed by atoms with Gasteiger partial charge in [-0.2, -0.15) is 0 Å². The molecule has 0 spiro atoms. The molecule has 10 nitrogen and oxygen atoms in total. The van der Waals surface area contributed by atoms with Crippen molar-refractivity contribution >= 4 is 28.4 Å². The van der Waals surface area contributed by atoms with Crippen molar-refractivity contribution in [1.82, 2.24) is 40.5 Å². The van der Waals surface area contributed by atoms with Gasteiger partial charge in [0.25, 0.3) is 0 Å². The van der Waals surface area contributed by atoms with Gasteiger partial charge in [-0.15, -0.1) is 14.8 Å². The summed E-state index contributed by atoms with van der Waals surface area (Å²) in [5.41, 5.74) is 2.51. The number of aromatic nitrogens is 7. The summed E-state index contributed by atoms with van der Waals surface area (Å²) in [6.45, 7) is 5.72. The molecule has 0 aliphatic carbocycles. The number of piperidine rings is 1. The molecule has 1 fully saturated rings. The molecule has 1 unspecified atom stereocenters. The molecule has 0 saturated carbocycles. The first-order chi connectivity index (χ1) is 15.1. The number of para-hydroxylation sites is 2. The summed E-state index contributed by atoms with van der Waals surface area (Å²) in [5, 5.41) is 19.1. The first-order valence-corrected chi connectivity index (χ1v) is 10.6. The van der Waals surface area contributed by atoms with Crippen molar-refractivity contribution in [3.63, 3.8) is 0 Å². The zero-order chi connectivity index (χ0) is 21.4. The summed E-state index contributed by atoms with van der Waals surface area (Å²) in [4.78, 5) is 23.3. The fourth-order valence-electron chi connectivity index (χ4n) is 4.12. The normalized spacial score (nSPS) is 16.3. The average Bonchev–Trinajstić information content (AvgIpc) is 3.43. The second-order valence-corrected chi connectivity index (χ2v) is 8.35. The first kappa shape index (κ1) is 19.4. The van der Waals surface area contributed by atoms with E-state index in [2.05, 4.69) is 49.7 Å². The van der Waals surface area contributed by atoms with E-state index in [0.29, 0.717) is 5.65 Å². The van der Waals surface area contributed by atoms with Crippen LogP contribution < -0.4 is 10.2 Å². The number of anilines is 1. The Labute approximate surface area is 179 Å². The number of benzene rings is 1. The largest absolute Gasteiger partial charge is 0.355 e. The number of imidazole rings is 1. The average molecular weight is 419 g/mol. The predicted octanol–water partition coefficient (Wildman–Crippen LogP) is 2.13. The lowest BCUT2D eigenvalue weighted by atomic mass is 9.94. The quantitative estimate of drug-likeness (QED) is 0.509. The third-order valence-electron chi connectivity index (χ3n) is 5.91. The van der Waals surface area contributed by atoms with Gasteiger partial charge in [0.05, 0.1) is 17.1 Å². The van der Waals surface area contributed by atoms with Crippen LogP contribution in [0.4, 0.5) is 5.82 Å². The summed E-state index contributed by atoms with van der Waals surface area (Å²) < 4.78 is 1.43. The summed E-state index contributed by atoms with van der Waals surface area (Å²) in [6, 6.07) is 11.5. The van der Waals surface area contributed by atoms with Crippen LogP contribution in [0, 0.1) is 11.8 Å². The Bertz CT molecular complexity index is 1170. The van der Waals surface area contributed by atoms with E-state index in [1.165, 1.54) is 4.63 Å². The van der Waals surface area contributed by atoms with Gasteiger partial charge in [0.2, 0.25) is 5.91 Å². The van der Waals surface area contributed by atoms with Crippen molar-refractivity contribution in [2.75, 3.05) is 18.0 Å². The molecule has 4 heterocycles. The lowest BCUT2D eigenvalue weighted by Gasteiger charge is -2.33. The molecule has 0 bridgehead atoms. The Morgan fingerprint density at radius 2 is 1.97 bits per heavy atom. The monoisotopic (exact) mass is 419 g/mol. The standard InChI is InChI=1S/C21H25N9O/c1-13(2)19(20-22-15-5-3-4-6-16(15)23-20)24-21(31)14-9-11-29(12-10-14)18-8-7-17-25-27-28-30(17)26-18/h3-8,13-14,19H,9-12H2,1-2H3,(H,22,23)(H,24,31). The van der Waals surface area contributed by atoms with Crippen LogP contribution in [-0.4, -0.2) is 54.2 Å². The minimum atomic E-state index is -0.151. The Kier molecular flexibility index (Phi) is 4.97. The van der Waals surface area contributed by atoms with Crippen LogP contribution in [0.3, 0.4) is 0 Å².